The van der Waals surface area contributed by atoms with Gasteiger partial charge in [-0.05, 0) is 94.0 Å². The maximum Gasteiger partial charge on any atom is 0.175 e. The molecule has 0 amide bonds. The summed E-state index contributed by atoms with van der Waals surface area (Å²) >= 11 is 0. The molecule has 0 saturated heterocycles. The van der Waals surface area contributed by atoms with Crippen molar-refractivity contribution in [3.8, 4) is 0 Å². The molecule has 0 bridgehead atoms. The third kappa shape index (κ3) is 11.6. The van der Waals surface area contributed by atoms with Gasteiger partial charge in [-0.1, -0.05) is 44.9 Å². The quantitative estimate of drug-likeness (QED) is 0.269. The Balaban J connectivity index is 1.64. The van der Waals surface area contributed by atoms with Crippen LogP contribution < -0.4 is 0 Å². The molecule has 0 fully saturated rings. The van der Waals surface area contributed by atoms with Gasteiger partial charge in [0, 0.05) is 31.7 Å². The predicted molar refractivity (Wildman–Crippen MR) is 143 cm³/mol. The average molecular weight is 488 g/mol. The van der Waals surface area contributed by atoms with E-state index in [0.717, 1.165) is 45.4 Å². The second-order valence-corrected chi connectivity index (χ2v) is 11.4. The maximum atomic E-state index is 11.6. The molecule has 0 unspecified atom stereocenters. The van der Waals surface area contributed by atoms with Crippen LogP contribution in [0.25, 0.3) is 0 Å². The molecule has 5 nitrogen and oxygen atoms in total. The molecule has 0 saturated carbocycles. The van der Waals surface area contributed by atoms with Gasteiger partial charge in [0.1, 0.15) is 0 Å². The summed E-state index contributed by atoms with van der Waals surface area (Å²) in [5.41, 5.74) is 2.53. The molecule has 0 aliphatic rings. The van der Waals surface area contributed by atoms with E-state index in [4.69, 9.17) is 0 Å². The Hall–Kier alpha value is -1.76. The third-order valence-electron chi connectivity index (χ3n) is 6.29. The van der Waals surface area contributed by atoms with E-state index in [9.17, 15) is 8.42 Å². The van der Waals surface area contributed by atoms with Crippen LogP contribution in [0.2, 0.25) is 0 Å². The van der Waals surface area contributed by atoms with Crippen LogP contribution in [-0.4, -0.2) is 68.7 Å². The zero-order valence-electron chi connectivity index (χ0n) is 21.6. The Morgan fingerprint density at radius 1 is 0.706 bits per heavy atom. The number of sulfone groups is 1. The second kappa shape index (κ2) is 16.0. The van der Waals surface area contributed by atoms with Crippen molar-refractivity contribution in [1.82, 2.24) is 14.8 Å². The minimum absolute atomic E-state index is 0.399. The van der Waals surface area contributed by atoms with Gasteiger partial charge in [-0.15, -0.1) is 0 Å². The van der Waals surface area contributed by atoms with Crippen LogP contribution in [0.15, 0.2) is 53.7 Å². The van der Waals surface area contributed by atoms with Crippen LogP contribution in [0.3, 0.4) is 0 Å². The number of unbranched alkanes of at least 4 members (excludes halogenated alkanes) is 3. The summed E-state index contributed by atoms with van der Waals surface area (Å²) in [6, 6.07) is 11.6. The number of hydrogen-bond acceptors (Lipinski definition) is 5. The lowest BCUT2D eigenvalue weighted by atomic mass is 10.1. The zero-order chi connectivity index (χ0) is 24.7. The molecule has 0 aliphatic carbocycles. The van der Waals surface area contributed by atoms with Crippen LogP contribution >= 0.6 is 0 Å². The van der Waals surface area contributed by atoms with Gasteiger partial charge in [0.05, 0.1) is 4.90 Å². The molecular weight excluding hydrogens is 442 g/mol. The summed E-state index contributed by atoms with van der Waals surface area (Å²) in [4.78, 5) is 9.79. The van der Waals surface area contributed by atoms with Crippen LogP contribution in [0, 0.1) is 0 Å². The van der Waals surface area contributed by atoms with Crippen molar-refractivity contribution in [3.05, 3.63) is 59.9 Å². The first-order valence-corrected chi connectivity index (χ1v) is 14.9. The fourth-order valence-electron chi connectivity index (χ4n) is 4.35. The van der Waals surface area contributed by atoms with Gasteiger partial charge in [-0.3, -0.25) is 4.98 Å². The molecular formula is C28H45N3O2S. The summed E-state index contributed by atoms with van der Waals surface area (Å²) < 4.78 is 23.3. The lowest BCUT2D eigenvalue weighted by Gasteiger charge is -2.23. The topological polar surface area (TPSA) is 53.5 Å². The Bertz CT molecular complexity index is 886. The van der Waals surface area contributed by atoms with Gasteiger partial charge in [-0.25, -0.2) is 8.42 Å². The van der Waals surface area contributed by atoms with Gasteiger partial charge in [0.15, 0.2) is 9.84 Å². The number of nitrogens with zero attached hydrogens (tertiary/aromatic N) is 3. The Kier molecular flexibility index (Phi) is 13.4. The second-order valence-electron chi connectivity index (χ2n) is 9.37. The first kappa shape index (κ1) is 28.5. The maximum absolute atomic E-state index is 11.6. The van der Waals surface area contributed by atoms with E-state index in [2.05, 4.69) is 34.7 Å². The summed E-state index contributed by atoms with van der Waals surface area (Å²) in [6.45, 7) is 11.3. The monoisotopic (exact) mass is 487 g/mol. The molecule has 0 atom stereocenters. The number of rotatable bonds is 18. The van der Waals surface area contributed by atoms with E-state index < -0.39 is 9.84 Å². The molecule has 2 aromatic rings. The van der Waals surface area contributed by atoms with Gasteiger partial charge >= 0.3 is 0 Å². The van der Waals surface area contributed by atoms with Crippen molar-refractivity contribution in [2.75, 3.05) is 45.5 Å². The standard InChI is InChI=1S/C28H45N3O2S/c1-4-19-30(23-16-26-12-14-28(15-13-26)34(3,32)33)21-8-6-7-9-22-31(20-5-2)24-17-27-11-10-18-29-25-27/h10-15,18,25H,4-9,16-17,19-24H2,1-3H3. The molecule has 34 heavy (non-hydrogen) atoms. The van der Waals surface area contributed by atoms with Crippen molar-refractivity contribution in [3.63, 3.8) is 0 Å². The molecule has 0 spiro atoms. The fraction of sp³-hybridized carbons (Fsp3) is 0.607. The van der Waals surface area contributed by atoms with Crippen LogP contribution in [-0.2, 0) is 22.7 Å². The first-order chi connectivity index (χ1) is 16.4. The number of benzene rings is 1. The first-order valence-electron chi connectivity index (χ1n) is 13.0. The van der Waals surface area contributed by atoms with Crippen LogP contribution in [0.1, 0.15) is 63.5 Å². The largest absolute Gasteiger partial charge is 0.303 e. The highest BCUT2D eigenvalue weighted by Crippen LogP contribution is 2.12. The van der Waals surface area contributed by atoms with Crippen LogP contribution in [0.5, 0.6) is 0 Å². The smallest absolute Gasteiger partial charge is 0.175 e. The number of hydrogen-bond donors (Lipinski definition) is 0. The van der Waals surface area contributed by atoms with Crippen LogP contribution in [0.4, 0.5) is 0 Å². The highest BCUT2D eigenvalue weighted by atomic mass is 32.2. The third-order valence-corrected chi connectivity index (χ3v) is 7.41. The SMILES string of the molecule is CCCN(CCCCCCN(CCC)CCc1cccnc1)CCc1ccc(S(C)(=O)=O)cc1. The fourth-order valence-corrected chi connectivity index (χ4v) is 4.98. The minimum Gasteiger partial charge on any atom is -0.303 e. The molecule has 190 valence electrons. The number of pyridine rings is 1. The van der Waals surface area contributed by atoms with E-state index in [0.29, 0.717) is 4.90 Å². The molecule has 6 heteroatoms. The van der Waals surface area contributed by atoms with Gasteiger partial charge in [0.25, 0.3) is 0 Å². The van der Waals surface area contributed by atoms with Gasteiger partial charge in [-0.2, -0.15) is 0 Å². The molecule has 1 aromatic carbocycles. The Labute approximate surface area is 208 Å². The van der Waals surface area contributed by atoms with Crippen molar-refractivity contribution in [1.29, 1.82) is 0 Å². The molecule has 0 radical (unpaired) electrons. The van der Waals surface area contributed by atoms with Crippen molar-refractivity contribution >= 4 is 9.84 Å². The average Bonchev–Trinajstić information content (AvgIpc) is 2.83. The lowest BCUT2D eigenvalue weighted by Crippen LogP contribution is -2.29. The van der Waals surface area contributed by atoms with Gasteiger partial charge < -0.3 is 9.80 Å². The molecule has 1 heterocycles. The van der Waals surface area contributed by atoms with Gasteiger partial charge in [0.2, 0.25) is 0 Å². The highest BCUT2D eigenvalue weighted by Gasteiger charge is 2.08. The van der Waals surface area contributed by atoms with E-state index in [1.54, 1.807) is 12.1 Å². The van der Waals surface area contributed by atoms with Crippen molar-refractivity contribution < 1.29 is 8.42 Å². The van der Waals surface area contributed by atoms with E-state index in [1.165, 1.54) is 62.6 Å². The molecule has 0 N–H and O–H groups in total. The molecule has 2 rings (SSSR count). The summed E-state index contributed by atoms with van der Waals surface area (Å²) in [6.07, 6.45) is 14.6. The normalized spacial score (nSPS) is 12.0. The highest BCUT2D eigenvalue weighted by molar-refractivity contribution is 7.90. The summed E-state index contributed by atoms with van der Waals surface area (Å²) in [5.74, 6) is 0. The summed E-state index contributed by atoms with van der Waals surface area (Å²) in [5, 5.41) is 0. The predicted octanol–water partition coefficient (Wildman–Crippen LogP) is 5.25. The van der Waals surface area contributed by atoms with Crippen molar-refractivity contribution in [2.45, 2.75) is 70.1 Å². The molecule has 1 aromatic heterocycles. The zero-order valence-corrected chi connectivity index (χ0v) is 22.4. The Morgan fingerprint density at radius 3 is 1.74 bits per heavy atom. The van der Waals surface area contributed by atoms with E-state index in [-0.39, 0.29) is 0 Å². The van der Waals surface area contributed by atoms with Crippen molar-refractivity contribution in [2.24, 2.45) is 0 Å². The summed E-state index contributed by atoms with van der Waals surface area (Å²) in [7, 11) is -3.12. The minimum atomic E-state index is -3.12. The number of aromatic nitrogens is 1. The Morgan fingerprint density at radius 2 is 1.26 bits per heavy atom. The lowest BCUT2D eigenvalue weighted by molar-refractivity contribution is 0.259. The van der Waals surface area contributed by atoms with E-state index >= 15 is 0 Å². The molecule has 0 aliphatic heterocycles. The van der Waals surface area contributed by atoms with E-state index in [1.807, 2.05) is 30.6 Å².